The van der Waals surface area contributed by atoms with Crippen LogP contribution in [0.2, 0.25) is 0 Å². The molecule has 0 saturated heterocycles. The highest BCUT2D eigenvalue weighted by molar-refractivity contribution is 5.59. The van der Waals surface area contributed by atoms with Crippen molar-refractivity contribution >= 4 is 0 Å². The molecule has 0 aromatic heterocycles. The standard InChI is InChI=1S/C32H32O4/c1-33-27-16-15-23(18-28(27)34-2)32-26-20-30(36-4)29(35-3)19-24(26)25(17-21-11-7-5-8-12-21)31(32)22-13-9-6-10-14-22/h5-16,18-20,25,31-32H,17H2,1-4H3/t25-,31+,32+/m0/s1. The third-order valence-corrected chi connectivity index (χ3v) is 7.37. The van der Waals surface area contributed by atoms with Crippen LogP contribution < -0.4 is 18.9 Å². The molecule has 1 aliphatic carbocycles. The molecule has 0 amide bonds. The summed E-state index contributed by atoms with van der Waals surface area (Å²) < 4.78 is 22.7. The highest BCUT2D eigenvalue weighted by Crippen LogP contribution is 2.58. The molecule has 36 heavy (non-hydrogen) atoms. The zero-order valence-corrected chi connectivity index (χ0v) is 21.2. The van der Waals surface area contributed by atoms with Crippen molar-refractivity contribution in [2.45, 2.75) is 24.2 Å². The monoisotopic (exact) mass is 480 g/mol. The number of methoxy groups -OCH3 is 4. The lowest BCUT2D eigenvalue weighted by atomic mass is 9.76. The highest BCUT2D eigenvalue weighted by atomic mass is 16.5. The van der Waals surface area contributed by atoms with Crippen molar-refractivity contribution in [1.29, 1.82) is 0 Å². The van der Waals surface area contributed by atoms with Gasteiger partial charge in [0, 0.05) is 11.8 Å². The van der Waals surface area contributed by atoms with Gasteiger partial charge in [0.25, 0.3) is 0 Å². The summed E-state index contributed by atoms with van der Waals surface area (Å²) in [5, 5.41) is 0. The molecule has 0 aliphatic heterocycles. The Bertz CT molecular complexity index is 1320. The van der Waals surface area contributed by atoms with Gasteiger partial charge in [-0.3, -0.25) is 0 Å². The molecule has 184 valence electrons. The van der Waals surface area contributed by atoms with E-state index in [1.165, 1.54) is 27.8 Å². The van der Waals surface area contributed by atoms with Gasteiger partial charge in [-0.15, -0.1) is 0 Å². The molecular weight excluding hydrogens is 448 g/mol. The van der Waals surface area contributed by atoms with Crippen molar-refractivity contribution in [1.82, 2.24) is 0 Å². The van der Waals surface area contributed by atoms with E-state index in [-0.39, 0.29) is 17.8 Å². The third kappa shape index (κ3) is 4.28. The second-order valence-corrected chi connectivity index (χ2v) is 9.16. The van der Waals surface area contributed by atoms with Crippen molar-refractivity contribution in [2.24, 2.45) is 0 Å². The molecule has 1 aliphatic rings. The summed E-state index contributed by atoms with van der Waals surface area (Å²) >= 11 is 0. The Kier molecular flexibility index (Phi) is 6.86. The zero-order valence-electron chi connectivity index (χ0n) is 21.2. The molecule has 0 fully saturated rings. The van der Waals surface area contributed by atoms with Crippen LogP contribution in [0.5, 0.6) is 23.0 Å². The maximum absolute atomic E-state index is 5.75. The van der Waals surface area contributed by atoms with Crippen LogP contribution in [0.4, 0.5) is 0 Å². The average molecular weight is 481 g/mol. The van der Waals surface area contributed by atoms with Gasteiger partial charge in [-0.1, -0.05) is 66.7 Å². The van der Waals surface area contributed by atoms with Crippen LogP contribution in [0.1, 0.15) is 45.6 Å². The van der Waals surface area contributed by atoms with Gasteiger partial charge < -0.3 is 18.9 Å². The summed E-state index contributed by atoms with van der Waals surface area (Å²) in [5.74, 6) is 3.54. The molecule has 0 saturated carbocycles. The van der Waals surface area contributed by atoms with Crippen LogP contribution in [-0.2, 0) is 6.42 Å². The number of ether oxygens (including phenoxy) is 4. The second kappa shape index (κ2) is 10.4. The summed E-state index contributed by atoms with van der Waals surface area (Å²) in [6.07, 6.45) is 0.923. The van der Waals surface area contributed by atoms with Gasteiger partial charge in [-0.05, 0) is 64.4 Å². The topological polar surface area (TPSA) is 36.9 Å². The molecule has 4 heteroatoms. The van der Waals surface area contributed by atoms with Gasteiger partial charge in [0.2, 0.25) is 0 Å². The van der Waals surface area contributed by atoms with E-state index < -0.39 is 0 Å². The first-order valence-corrected chi connectivity index (χ1v) is 12.2. The molecule has 0 unspecified atom stereocenters. The maximum Gasteiger partial charge on any atom is 0.161 e. The fourth-order valence-corrected chi connectivity index (χ4v) is 5.76. The summed E-state index contributed by atoms with van der Waals surface area (Å²) in [6, 6.07) is 32.2. The first-order chi connectivity index (χ1) is 17.7. The zero-order chi connectivity index (χ0) is 25.1. The van der Waals surface area contributed by atoms with E-state index >= 15 is 0 Å². The first kappa shape index (κ1) is 23.8. The molecule has 0 radical (unpaired) electrons. The lowest BCUT2D eigenvalue weighted by Crippen LogP contribution is -2.14. The normalized spacial score (nSPS) is 18.4. The Hall–Kier alpha value is -3.92. The molecule has 4 aromatic rings. The lowest BCUT2D eigenvalue weighted by molar-refractivity contribution is 0.353. The van der Waals surface area contributed by atoms with E-state index in [2.05, 4.69) is 84.9 Å². The van der Waals surface area contributed by atoms with Crippen LogP contribution >= 0.6 is 0 Å². The van der Waals surface area contributed by atoms with Gasteiger partial charge in [0.1, 0.15) is 0 Å². The number of hydrogen-bond acceptors (Lipinski definition) is 4. The molecule has 0 spiro atoms. The van der Waals surface area contributed by atoms with Crippen LogP contribution in [0, 0.1) is 0 Å². The molecule has 4 aromatic carbocycles. The van der Waals surface area contributed by atoms with Crippen molar-refractivity contribution in [3.8, 4) is 23.0 Å². The minimum absolute atomic E-state index is 0.107. The first-order valence-electron chi connectivity index (χ1n) is 12.2. The second-order valence-electron chi connectivity index (χ2n) is 9.16. The summed E-state index contributed by atoms with van der Waals surface area (Å²) in [4.78, 5) is 0. The third-order valence-electron chi connectivity index (χ3n) is 7.37. The van der Waals surface area contributed by atoms with Crippen molar-refractivity contribution in [3.05, 3.63) is 119 Å². The van der Waals surface area contributed by atoms with E-state index in [9.17, 15) is 0 Å². The number of benzene rings is 4. The van der Waals surface area contributed by atoms with Gasteiger partial charge in [0.15, 0.2) is 23.0 Å². The number of hydrogen-bond donors (Lipinski definition) is 0. The molecule has 0 bridgehead atoms. The highest BCUT2D eigenvalue weighted by Gasteiger charge is 2.43. The maximum atomic E-state index is 5.75. The molecular formula is C32H32O4. The largest absolute Gasteiger partial charge is 0.493 e. The van der Waals surface area contributed by atoms with Crippen molar-refractivity contribution < 1.29 is 18.9 Å². The summed E-state index contributed by atoms with van der Waals surface area (Å²) in [5.41, 5.74) is 6.37. The Morgan fingerprint density at radius 2 is 1.08 bits per heavy atom. The van der Waals surface area contributed by atoms with Crippen LogP contribution in [0.25, 0.3) is 0 Å². The summed E-state index contributed by atoms with van der Waals surface area (Å²) in [7, 11) is 6.75. The van der Waals surface area contributed by atoms with Crippen molar-refractivity contribution in [2.75, 3.05) is 28.4 Å². The van der Waals surface area contributed by atoms with Crippen LogP contribution in [0.3, 0.4) is 0 Å². The lowest BCUT2D eigenvalue weighted by Gasteiger charge is -2.27. The Balaban J connectivity index is 1.75. The van der Waals surface area contributed by atoms with E-state index in [0.29, 0.717) is 0 Å². The molecule has 4 nitrogen and oxygen atoms in total. The Labute approximate surface area is 213 Å². The predicted octanol–water partition coefficient (Wildman–Crippen LogP) is 6.98. The summed E-state index contributed by atoms with van der Waals surface area (Å²) in [6.45, 7) is 0. The number of rotatable bonds is 8. The molecule has 3 atom stereocenters. The minimum Gasteiger partial charge on any atom is -0.493 e. The van der Waals surface area contributed by atoms with E-state index in [4.69, 9.17) is 18.9 Å². The average Bonchev–Trinajstić information content (AvgIpc) is 3.25. The van der Waals surface area contributed by atoms with E-state index in [0.717, 1.165) is 29.4 Å². The Morgan fingerprint density at radius 1 is 0.528 bits per heavy atom. The van der Waals surface area contributed by atoms with E-state index in [1.807, 2.05) is 6.07 Å². The fraction of sp³-hybridized carbons (Fsp3) is 0.250. The molecule has 0 N–H and O–H groups in total. The van der Waals surface area contributed by atoms with Crippen LogP contribution in [0.15, 0.2) is 91.0 Å². The SMILES string of the molecule is COc1ccc([C@@H]2c3cc(OC)c(OC)cc3[C@H](Cc3ccccc3)[C@H]2c2ccccc2)cc1OC. The smallest absolute Gasteiger partial charge is 0.161 e. The van der Waals surface area contributed by atoms with Crippen molar-refractivity contribution in [3.63, 3.8) is 0 Å². The van der Waals surface area contributed by atoms with Crippen LogP contribution in [-0.4, -0.2) is 28.4 Å². The minimum atomic E-state index is 0.107. The van der Waals surface area contributed by atoms with Gasteiger partial charge in [-0.2, -0.15) is 0 Å². The van der Waals surface area contributed by atoms with Gasteiger partial charge in [-0.25, -0.2) is 0 Å². The van der Waals surface area contributed by atoms with E-state index in [1.54, 1.807) is 28.4 Å². The quantitative estimate of drug-likeness (QED) is 0.273. The predicted molar refractivity (Wildman–Crippen MR) is 143 cm³/mol. The van der Waals surface area contributed by atoms with Gasteiger partial charge in [0.05, 0.1) is 28.4 Å². The van der Waals surface area contributed by atoms with Gasteiger partial charge >= 0.3 is 0 Å². The molecule has 5 rings (SSSR count). The Morgan fingerprint density at radius 3 is 1.69 bits per heavy atom. The fourth-order valence-electron chi connectivity index (χ4n) is 5.76. The number of fused-ring (bicyclic) bond motifs is 1. The molecule has 0 heterocycles.